The molecule has 2 atom stereocenters. The van der Waals surface area contributed by atoms with Crippen molar-refractivity contribution in [1.29, 1.82) is 0 Å². The molecule has 1 aromatic carbocycles. The van der Waals surface area contributed by atoms with E-state index >= 15 is 0 Å². The van der Waals surface area contributed by atoms with Crippen molar-refractivity contribution < 1.29 is 4.74 Å². The molecule has 2 unspecified atom stereocenters. The number of para-hydroxylation sites is 1. The third-order valence-electron chi connectivity index (χ3n) is 3.91. The van der Waals surface area contributed by atoms with Crippen LogP contribution in [0.3, 0.4) is 0 Å². The Kier molecular flexibility index (Phi) is 4.20. The lowest BCUT2D eigenvalue weighted by molar-refractivity contribution is 0.0996. The molecular formula is C15H20N4O. The van der Waals surface area contributed by atoms with Crippen LogP contribution in [-0.4, -0.2) is 22.7 Å². The van der Waals surface area contributed by atoms with Crippen LogP contribution in [0.25, 0.3) is 11.0 Å². The van der Waals surface area contributed by atoms with Gasteiger partial charge in [-0.2, -0.15) is 0 Å². The lowest BCUT2D eigenvalue weighted by Gasteiger charge is -2.19. The Morgan fingerprint density at radius 2 is 2.25 bits per heavy atom. The molecule has 5 nitrogen and oxygen atoms in total. The fourth-order valence-corrected chi connectivity index (χ4v) is 2.85. The summed E-state index contributed by atoms with van der Waals surface area (Å²) in [6, 6.07) is 6.12. The molecule has 0 bridgehead atoms. The highest BCUT2D eigenvalue weighted by Crippen LogP contribution is 2.27. The Balaban J connectivity index is 1.79. The summed E-state index contributed by atoms with van der Waals surface area (Å²) in [4.78, 5) is 8.78. The van der Waals surface area contributed by atoms with E-state index in [-0.39, 0.29) is 6.04 Å². The van der Waals surface area contributed by atoms with E-state index < -0.39 is 0 Å². The van der Waals surface area contributed by atoms with Crippen molar-refractivity contribution in [2.24, 2.45) is 5.84 Å². The number of fused-ring (bicyclic) bond motifs is 1. The molecule has 0 spiro atoms. The third kappa shape index (κ3) is 2.80. The van der Waals surface area contributed by atoms with Crippen molar-refractivity contribution in [3.63, 3.8) is 0 Å². The van der Waals surface area contributed by atoms with E-state index in [0.29, 0.717) is 6.10 Å². The first kappa shape index (κ1) is 13.4. The van der Waals surface area contributed by atoms with Gasteiger partial charge in [0.1, 0.15) is 0 Å². The zero-order valence-electron chi connectivity index (χ0n) is 11.5. The Bertz CT molecular complexity index is 563. The van der Waals surface area contributed by atoms with Gasteiger partial charge in [0.05, 0.1) is 17.1 Å². The molecule has 1 aliphatic rings. The molecule has 1 saturated heterocycles. The van der Waals surface area contributed by atoms with E-state index in [1.807, 2.05) is 12.1 Å². The van der Waals surface area contributed by atoms with Crippen molar-refractivity contribution in [3.05, 3.63) is 36.2 Å². The molecule has 1 fully saturated rings. The van der Waals surface area contributed by atoms with Crippen LogP contribution in [-0.2, 0) is 4.74 Å². The number of nitrogens with one attached hydrogen (secondary N) is 1. The number of nitrogens with two attached hydrogens (primary N) is 1. The number of rotatable bonds is 5. The summed E-state index contributed by atoms with van der Waals surface area (Å²) in [5, 5.41) is 0. The lowest BCUT2D eigenvalue weighted by atomic mass is 9.98. The second-order valence-corrected chi connectivity index (χ2v) is 5.20. The van der Waals surface area contributed by atoms with Crippen LogP contribution >= 0.6 is 0 Å². The summed E-state index contributed by atoms with van der Waals surface area (Å²) in [5.74, 6) is 5.74. The highest BCUT2D eigenvalue weighted by Gasteiger charge is 2.19. The van der Waals surface area contributed by atoms with E-state index in [1.165, 1.54) is 6.42 Å². The topological polar surface area (TPSA) is 73.1 Å². The molecule has 20 heavy (non-hydrogen) atoms. The standard InChI is InChI=1S/C15H20N4O/c16-19-13(7-6-11-3-2-10-20-11)12-4-1-5-14-15(12)18-9-8-17-14/h1,4-5,8-9,11,13,19H,2-3,6-7,10,16H2. The minimum atomic E-state index is 0.0830. The number of hydrogen-bond donors (Lipinski definition) is 2. The van der Waals surface area contributed by atoms with Gasteiger partial charge in [-0.15, -0.1) is 0 Å². The smallest absolute Gasteiger partial charge is 0.0935 e. The number of hydrogen-bond acceptors (Lipinski definition) is 5. The molecule has 0 saturated carbocycles. The van der Waals surface area contributed by atoms with E-state index in [4.69, 9.17) is 10.6 Å². The molecule has 1 aliphatic heterocycles. The SMILES string of the molecule is NNC(CCC1CCCO1)c1cccc2nccnc12. The number of ether oxygens (including phenoxy) is 1. The predicted molar refractivity (Wildman–Crippen MR) is 77.8 cm³/mol. The van der Waals surface area contributed by atoms with Crippen LogP contribution in [0.4, 0.5) is 0 Å². The maximum absolute atomic E-state index is 5.74. The number of hydrazine groups is 1. The normalized spacial score (nSPS) is 20.4. The van der Waals surface area contributed by atoms with Gasteiger partial charge in [-0.25, -0.2) is 0 Å². The zero-order valence-corrected chi connectivity index (χ0v) is 11.5. The van der Waals surface area contributed by atoms with Gasteiger partial charge < -0.3 is 4.74 Å². The fourth-order valence-electron chi connectivity index (χ4n) is 2.85. The van der Waals surface area contributed by atoms with Crippen LogP contribution in [0, 0.1) is 0 Å². The van der Waals surface area contributed by atoms with Gasteiger partial charge in [-0.1, -0.05) is 12.1 Å². The van der Waals surface area contributed by atoms with Crippen molar-refractivity contribution >= 4 is 11.0 Å². The van der Waals surface area contributed by atoms with Gasteiger partial charge in [-0.05, 0) is 37.3 Å². The fraction of sp³-hybridized carbons (Fsp3) is 0.467. The summed E-state index contributed by atoms with van der Waals surface area (Å²) in [6.07, 6.45) is 8.11. The Morgan fingerprint density at radius 3 is 3.05 bits per heavy atom. The molecule has 3 N–H and O–H groups in total. The first-order valence-electron chi connectivity index (χ1n) is 7.16. The number of nitrogens with zero attached hydrogens (tertiary/aromatic N) is 2. The Labute approximate surface area is 118 Å². The minimum absolute atomic E-state index is 0.0830. The predicted octanol–water partition coefficient (Wildman–Crippen LogP) is 2.09. The minimum Gasteiger partial charge on any atom is -0.378 e. The van der Waals surface area contributed by atoms with Crippen LogP contribution in [0.15, 0.2) is 30.6 Å². The quantitative estimate of drug-likeness (QED) is 0.644. The van der Waals surface area contributed by atoms with E-state index in [0.717, 1.165) is 42.5 Å². The molecule has 0 aliphatic carbocycles. The molecule has 3 rings (SSSR count). The molecule has 5 heteroatoms. The van der Waals surface area contributed by atoms with Gasteiger partial charge in [0.15, 0.2) is 0 Å². The molecule has 106 valence electrons. The van der Waals surface area contributed by atoms with Gasteiger partial charge in [-0.3, -0.25) is 21.2 Å². The van der Waals surface area contributed by atoms with Crippen LogP contribution in [0.2, 0.25) is 0 Å². The van der Waals surface area contributed by atoms with Gasteiger partial charge in [0.25, 0.3) is 0 Å². The number of benzene rings is 1. The third-order valence-corrected chi connectivity index (χ3v) is 3.91. The first-order valence-corrected chi connectivity index (χ1v) is 7.16. The maximum atomic E-state index is 5.74. The molecule has 0 amide bonds. The molecule has 0 radical (unpaired) electrons. The summed E-state index contributed by atoms with van der Waals surface area (Å²) in [7, 11) is 0. The van der Waals surface area contributed by atoms with Crippen LogP contribution in [0.1, 0.15) is 37.3 Å². The summed E-state index contributed by atoms with van der Waals surface area (Å²) < 4.78 is 5.67. The monoisotopic (exact) mass is 272 g/mol. The molecule has 2 heterocycles. The maximum Gasteiger partial charge on any atom is 0.0935 e. The van der Waals surface area contributed by atoms with Crippen LogP contribution < -0.4 is 11.3 Å². The Morgan fingerprint density at radius 1 is 1.35 bits per heavy atom. The summed E-state index contributed by atoms with van der Waals surface area (Å²) in [5.41, 5.74) is 5.85. The van der Waals surface area contributed by atoms with Crippen molar-refractivity contribution in [1.82, 2.24) is 15.4 Å². The average molecular weight is 272 g/mol. The first-order chi connectivity index (χ1) is 9.88. The summed E-state index contributed by atoms with van der Waals surface area (Å²) >= 11 is 0. The molecule has 2 aromatic rings. The van der Waals surface area contributed by atoms with Gasteiger partial charge in [0.2, 0.25) is 0 Å². The average Bonchev–Trinajstić information content (AvgIpc) is 3.01. The summed E-state index contributed by atoms with van der Waals surface area (Å²) in [6.45, 7) is 0.894. The highest BCUT2D eigenvalue weighted by atomic mass is 16.5. The van der Waals surface area contributed by atoms with E-state index in [1.54, 1.807) is 12.4 Å². The second-order valence-electron chi connectivity index (χ2n) is 5.20. The molecule has 1 aromatic heterocycles. The van der Waals surface area contributed by atoms with E-state index in [9.17, 15) is 0 Å². The van der Waals surface area contributed by atoms with Gasteiger partial charge >= 0.3 is 0 Å². The molecular weight excluding hydrogens is 252 g/mol. The largest absolute Gasteiger partial charge is 0.378 e. The zero-order chi connectivity index (χ0) is 13.8. The Hall–Kier alpha value is -1.56. The number of aromatic nitrogens is 2. The van der Waals surface area contributed by atoms with Crippen molar-refractivity contribution in [2.45, 2.75) is 37.8 Å². The van der Waals surface area contributed by atoms with E-state index in [2.05, 4.69) is 21.5 Å². The lowest BCUT2D eigenvalue weighted by Crippen LogP contribution is -2.29. The second kappa shape index (κ2) is 6.26. The highest BCUT2D eigenvalue weighted by molar-refractivity contribution is 5.78. The van der Waals surface area contributed by atoms with Gasteiger partial charge in [0, 0.05) is 25.0 Å². The van der Waals surface area contributed by atoms with Crippen LogP contribution in [0.5, 0.6) is 0 Å². The van der Waals surface area contributed by atoms with Crippen molar-refractivity contribution in [3.8, 4) is 0 Å². The van der Waals surface area contributed by atoms with Crippen molar-refractivity contribution in [2.75, 3.05) is 6.61 Å².